The molecule has 36 heavy (non-hydrogen) atoms. The van der Waals surface area contributed by atoms with Gasteiger partial charge in [0.2, 0.25) is 24.5 Å². The Morgan fingerprint density at radius 1 is 1.11 bits per heavy atom. The number of carbonyl (C=O) groups excluding carboxylic acids is 3. The van der Waals surface area contributed by atoms with Crippen molar-refractivity contribution in [3.8, 4) is 11.5 Å². The Hall–Kier alpha value is -3.92. The van der Waals surface area contributed by atoms with Crippen LogP contribution in [0.1, 0.15) is 35.1 Å². The summed E-state index contributed by atoms with van der Waals surface area (Å²) in [5.41, 5.74) is 2.28. The van der Waals surface area contributed by atoms with E-state index in [2.05, 4.69) is 10.6 Å². The second-order valence-corrected chi connectivity index (χ2v) is 9.90. The Bertz CT molecular complexity index is 1360. The number of carboxylic acid groups (broad SMARTS) is 1. The molecule has 0 bridgehead atoms. The van der Waals surface area contributed by atoms with E-state index in [0.29, 0.717) is 28.3 Å². The van der Waals surface area contributed by atoms with Crippen molar-refractivity contribution >= 4 is 29.4 Å². The normalized spacial score (nSPS) is 27.6. The second-order valence-electron chi connectivity index (χ2n) is 9.90. The van der Waals surface area contributed by atoms with Crippen molar-refractivity contribution in [1.82, 2.24) is 10.2 Å². The molecule has 0 saturated carbocycles. The maximum absolute atomic E-state index is 13.9. The number of likely N-dealkylation sites (tertiary alicyclic amines) is 1. The van der Waals surface area contributed by atoms with E-state index >= 15 is 0 Å². The van der Waals surface area contributed by atoms with Gasteiger partial charge in [-0.2, -0.15) is 0 Å². The Morgan fingerprint density at radius 2 is 1.89 bits per heavy atom. The molecule has 2 fully saturated rings. The van der Waals surface area contributed by atoms with Crippen LogP contribution < -0.4 is 20.1 Å². The summed E-state index contributed by atoms with van der Waals surface area (Å²) in [7, 11) is 0. The van der Waals surface area contributed by atoms with E-state index in [9.17, 15) is 24.3 Å². The van der Waals surface area contributed by atoms with Crippen LogP contribution in [0.2, 0.25) is 0 Å². The number of fused-ring (bicyclic) bond motifs is 5. The molecule has 0 aromatic heterocycles. The van der Waals surface area contributed by atoms with Gasteiger partial charge < -0.3 is 19.9 Å². The van der Waals surface area contributed by atoms with E-state index in [1.165, 1.54) is 4.90 Å². The Labute approximate surface area is 206 Å². The molecule has 10 heteroatoms. The molecule has 2 aromatic rings. The number of hydrogen-bond donors (Lipinski definition) is 3. The molecule has 0 unspecified atom stereocenters. The van der Waals surface area contributed by atoms with Crippen molar-refractivity contribution in [3.63, 3.8) is 0 Å². The van der Waals surface area contributed by atoms with Crippen LogP contribution in [0.3, 0.4) is 0 Å². The molecule has 2 aromatic carbocycles. The van der Waals surface area contributed by atoms with Gasteiger partial charge in [0, 0.05) is 23.7 Å². The average molecular weight is 492 g/mol. The number of amides is 3. The van der Waals surface area contributed by atoms with Gasteiger partial charge in [-0.1, -0.05) is 23.8 Å². The third kappa shape index (κ3) is 3.07. The predicted octanol–water partition coefficient (Wildman–Crippen LogP) is 1.82. The fourth-order valence-corrected chi connectivity index (χ4v) is 6.22. The minimum Gasteiger partial charge on any atom is -0.481 e. The van der Waals surface area contributed by atoms with Gasteiger partial charge >= 0.3 is 5.97 Å². The number of carboxylic acids is 1. The van der Waals surface area contributed by atoms with Crippen molar-refractivity contribution < 1.29 is 33.8 Å². The highest BCUT2D eigenvalue weighted by Gasteiger charge is 2.70. The molecular formula is C26H25N3O7. The van der Waals surface area contributed by atoms with Gasteiger partial charge in [0.15, 0.2) is 11.5 Å². The standard InChI is InChI=1S/C26H25N3O7/c1-12-7-13(2)22-15(8-12)26(25(34)27-22)21-20(16(28-26)4-6-19(30)31)23(32)29(24(21)33)10-14-3-5-17-18(9-14)36-11-35-17/h3,5,7-9,16,20-21,28H,4,6,10-11H2,1-2H3,(H,27,34)(H,30,31)/t16-,20-,21-,26-/m1/s1. The second kappa shape index (κ2) is 7.79. The first kappa shape index (κ1) is 22.5. The quantitative estimate of drug-likeness (QED) is 0.540. The first-order chi connectivity index (χ1) is 17.2. The minimum absolute atomic E-state index is 0.0182. The molecule has 6 rings (SSSR count). The monoisotopic (exact) mass is 491 g/mol. The molecule has 0 radical (unpaired) electrons. The molecule has 3 N–H and O–H groups in total. The summed E-state index contributed by atoms with van der Waals surface area (Å²) in [5, 5.41) is 15.5. The van der Waals surface area contributed by atoms with Crippen LogP contribution in [-0.2, 0) is 31.3 Å². The lowest BCUT2D eigenvalue weighted by Gasteiger charge is -2.30. The summed E-state index contributed by atoms with van der Waals surface area (Å²) in [6.45, 7) is 3.92. The first-order valence-electron chi connectivity index (χ1n) is 11.9. The average Bonchev–Trinajstić information content (AvgIpc) is 3.55. The van der Waals surface area contributed by atoms with E-state index in [4.69, 9.17) is 9.47 Å². The van der Waals surface area contributed by atoms with E-state index in [-0.39, 0.29) is 26.2 Å². The Kier molecular flexibility index (Phi) is 4.88. The summed E-state index contributed by atoms with van der Waals surface area (Å²) >= 11 is 0. The Morgan fingerprint density at radius 3 is 2.67 bits per heavy atom. The summed E-state index contributed by atoms with van der Waals surface area (Å²) in [4.78, 5) is 53.8. The molecule has 4 atom stereocenters. The molecule has 10 nitrogen and oxygen atoms in total. The maximum atomic E-state index is 13.9. The topological polar surface area (TPSA) is 134 Å². The van der Waals surface area contributed by atoms with E-state index < -0.39 is 47.1 Å². The molecule has 1 spiro atoms. The van der Waals surface area contributed by atoms with Crippen LogP contribution in [0.5, 0.6) is 11.5 Å². The number of hydrogen-bond acceptors (Lipinski definition) is 7. The third-order valence-corrected chi connectivity index (χ3v) is 7.70. The van der Waals surface area contributed by atoms with Crippen LogP contribution in [0, 0.1) is 25.7 Å². The lowest BCUT2D eigenvalue weighted by Crippen LogP contribution is -2.53. The summed E-state index contributed by atoms with van der Waals surface area (Å²) in [6.07, 6.45) is -0.0789. The fraction of sp³-hybridized carbons (Fsp3) is 0.385. The summed E-state index contributed by atoms with van der Waals surface area (Å²) in [5.74, 6) is -2.97. The van der Waals surface area contributed by atoms with E-state index in [1.807, 2.05) is 26.0 Å². The number of benzene rings is 2. The SMILES string of the molecule is Cc1cc(C)c2c(c1)[C@]1(N[C@H](CCC(=O)O)[C@H]3C(=O)N(Cc4ccc5c(c4)OCO5)C(=O)[C@@H]31)C(=O)N2. The van der Waals surface area contributed by atoms with Crippen LogP contribution in [-0.4, -0.2) is 46.5 Å². The van der Waals surface area contributed by atoms with Gasteiger partial charge in [0.1, 0.15) is 5.54 Å². The van der Waals surface area contributed by atoms with Crippen molar-refractivity contribution in [2.75, 3.05) is 12.1 Å². The van der Waals surface area contributed by atoms with Crippen LogP contribution in [0.15, 0.2) is 30.3 Å². The molecule has 3 amide bonds. The fourth-order valence-electron chi connectivity index (χ4n) is 6.22. The number of nitrogens with zero attached hydrogens (tertiary/aromatic N) is 1. The highest BCUT2D eigenvalue weighted by Crippen LogP contribution is 2.54. The number of nitrogens with one attached hydrogen (secondary N) is 2. The lowest BCUT2D eigenvalue weighted by atomic mass is 9.75. The van der Waals surface area contributed by atoms with Crippen LogP contribution >= 0.6 is 0 Å². The maximum Gasteiger partial charge on any atom is 0.303 e. The molecule has 0 aliphatic carbocycles. The largest absolute Gasteiger partial charge is 0.481 e. The van der Waals surface area contributed by atoms with E-state index in [1.54, 1.807) is 18.2 Å². The minimum atomic E-state index is -1.45. The van der Waals surface area contributed by atoms with Crippen molar-refractivity contribution in [1.29, 1.82) is 0 Å². The van der Waals surface area contributed by atoms with Crippen molar-refractivity contribution in [2.24, 2.45) is 11.8 Å². The summed E-state index contributed by atoms with van der Waals surface area (Å²) in [6, 6.07) is 8.39. The predicted molar refractivity (Wildman–Crippen MR) is 125 cm³/mol. The molecule has 186 valence electrons. The zero-order valence-electron chi connectivity index (χ0n) is 19.8. The number of aryl methyl sites for hydroxylation is 2. The Balaban J connectivity index is 1.42. The van der Waals surface area contributed by atoms with Crippen LogP contribution in [0.4, 0.5) is 5.69 Å². The van der Waals surface area contributed by atoms with Crippen molar-refractivity contribution in [2.45, 2.75) is 44.8 Å². The van der Waals surface area contributed by atoms with Crippen LogP contribution in [0.25, 0.3) is 0 Å². The van der Waals surface area contributed by atoms with Gasteiger partial charge in [0.05, 0.1) is 18.4 Å². The third-order valence-electron chi connectivity index (χ3n) is 7.70. The number of ether oxygens (including phenoxy) is 2. The van der Waals surface area contributed by atoms with Gasteiger partial charge in [-0.3, -0.25) is 29.4 Å². The summed E-state index contributed by atoms with van der Waals surface area (Å²) < 4.78 is 10.8. The number of carbonyl (C=O) groups is 4. The number of imide groups is 1. The molecule has 2 saturated heterocycles. The van der Waals surface area contributed by atoms with Gasteiger partial charge in [0.25, 0.3) is 0 Å². The highest BCUT2D eigenvalue weighted by molar-refractivity contribution is 6.15. The van der Waals surface area contributed by atoms with Gasteiger partial charge in [-0.25, -0.2) is 0 Å². The zero-order valence-corrected chi connectivity index (χ0v) is 19.8. The molecular weight excluding hydrogens is 466 g/mol. The lowest BCUT2D eigenvalue weighted by molar-refractivity contribution is -0.144. The molecule has 4 aliphatic heterocycles. The smallest absolute Gasteiger partial charge is 0.303 e. The molecule has 4 aliphatic rings. The van der Waals surface area contributed by atoms with Gasteiger partial charge in [-0.15, -0.1) is 0 Å². The van der Waals surface area contributed by atoms with Gasteiger partial charge in [-0.05, 0) is 43.5 Å². The number of anilines is 1. The zero-order chi connectivity index (χ0) is 25.4. The van der Waals surface area contributed by atoms with Crippen molar-refractivity contribution in [3.05, 3.63) is 52.6 Å². The first-order valence-corrected chi connectivity index (χ1v) is 11.9. The van der Waals surface area contributed by atoms with E-state index in [0.717, 1.165) is 11.1 Å². The molecule has 4 heterocycles. The number of rotatable bonds is 5. The number of aliphatic carboxylic acids is 1. The highest BCUT2D eigenvalue weighted by atomic mass is 16.7.